The maximum atomic E-state index is 14.7. The number of rotatable bonds is 7. The number of hydrogen-bond donors (Lipinski definition) is 3. The molecule has 0 spiro atoms. The molecule has 1 fully saturated rings. The number of hydrogen-bond acceptors (Lipinski definition) is 7. The van der Waals surface area contributed by atoms with Crippen molar-refractivity contribution in [2.45, 2.75) is 64.4 Å². The van der Waals surface area contributed by atoms with Crippen LogP contribution in [-0.4, -0.2) is 67.2 Å². The van der Waals surface area contributed by atoms with Crippen LogP contribution in [0.5, 0.6) is 5.88 Å². The van der Waals surface area contributed by atoms with Crippen LogP contribution in [0.3, 0.4) is 0 Å². The van der Waals surface area contributed by atoms with Crippen LogP contribution < -0.4 is 20.3 Å². The second-order valence-electron chi connectivity index (χ2n) is 13.3. The Morgan fingerprint density at radius 3 is 2.43 bits per heavy atom. The molecule has 0 aliphatic carbocycles. The highest BCUT2D eigenvalue weighted by molar-refractivity contribution is 6.74. The number of anilines is 2. The van der Waals surface area contributed by atoms with Crippen LogP contribution in [0.15, 0.2) is 36.5 Å². The summed E-state index contributed by atoms with van der Waals surface area (Å²) in [6, 6.07) is 4.55. The van der Waals surface area contributed by atoms with Crippen LogP contribution in [-0.2, 0) is 10.8 Å². The molecule has 10 nitrogen and oxygen atoms in total. The van der Waals surface area contributed by atoms with Gasteiger partial charge in [0.05, 0.1) is 41.9 Å². The third-order valence-electron chi connectivity index (χ3n) is 8.97. The molecule has 0 saturated carbocycles. The molecule has 1 saturated heterocycles. The van der Waals surface area contributed by atoms with Crippen molar-refractivity contribution in [1.29, 1.82) is 0 Å². The Morgan fingerprint density at radius 2 is 1.78 bits per heavy atom. The van der Waals surface area contributed by atoms with E-state index in [0.717, 1.165) is 35.9 Å². The number of carbonyl (C=O) groups excluding carboxylic acids is 1. The molecule has 5 rings (SSSR count). The number of fused-ring (bicyclic) bond motifs is 1. The average Bonchev–Trinajstić information content (AvgIpc) is 3.43. The molecule has 2 aliphatic heterocycles. The number of piperidine rings is 1. The van der Waals surface area contributed by atoms with Crippen molar-refractivity contribution in [2.24, 2.45) is 5.92 Å². The van der Waals surface area contributed by atoms with Gasteiger partial charge in [0.25, 0.3) is 5.91 Å². The van der Waals surface area contributed by atoms with Crippen LogP contribution in [0.2, 0.25) is 18.1 Å². The Labute approximate surface area is 266 Å². The fourth-order valence-corrected chi connectivity index (χ4v) is 7.11. The second kappa shape index (κ2) is 12.6. The van der Waals surface area contributed by atoms with Crippen LogP contribution in [0.4, 0.5) is 29.3 Å². The van der Waals surface area contributed by atoms with E-state index >= 15 is 0 Å². The lowest BCUT2D eigenvalue weighted by atomic mass is 9.91. The minimum Gasteiger partial charge on any atom is -0.477 e. The van der Waals surface area contributed by atoms with Crippen molar-refractivity contribution in [2.75, 3.05) is 29.9 Å². The highest BCUT2D eigenvalue weighted by Gasteiger charge is 2.45. The zero-order chi connectivity index (χ0) is 33.6. The first-order valence-corrected chi connectivity index (χ1v) is 18.0. The number of benzene rings is 1. The minimum atomic E-state index is -2.27. The zero-order valence-corrected chi connectivity index (χ0v) is 27.6. The predicted octanol–water partition coefficient (Wildman–Crippen LogP) is 6.23. The number of halogens is 3. The van der Waals surface area contributed by atoms with Gasteiger partial charge >= 0.3 is 6.09 Å². The predicted molar refractivity (Wildman–Crippen MR) is 169 cm³/mol. The standard InChI is InChI=1S/C32H38F3N5O5Si/c1-17-15-40(16-24(39-31(42)43)28(17)45-46(5,6)32(2,3)4)27-18-12-13-44-30(18)36-14-23(27)38-29(41)22-11-10-21(35)26(37-22)25-19(33)8-7-9-20(25)34/h7-11,14,17,24,28,39H,12-13,15-16H2,1-6H3,(H,38,41)(H,42,43)/t17-,24+,28-/m0/s1. The fourth-order valence-electron chi connectivity index (χ4n) is 5.68. The van der Waals surface area contributed by atoms with Gasteiger partial charge in [0.15, 0.2) is 8.32 Å². The first-order valence-electron chi connectivity index (χ1n) is 15.1. The second-order valence-corrected chi connectivity index (χ2v) is 18.0. The molecule has 3 N–H and O–H groups in total. The summed E-state index contributed by atoms with van der Waals surface area (Å²) in [6.45, 7) is 13.7. The van der Waals surface area contributed by atoms with Gasteiger partial charge in [-0.2, -0.15) is 0 Å². The van der Waals surface area contributed by atoms with Crippen molar-refractivity contribution in [3.8, 4) is 17.1 Å². The molecule has 2 aromatic heterocycles. The van der Waals surface area contributed by atoms with E-state index in [-0.39, 0.29) is 23.2 Å². The lowest BCUT2D eigenvalue weighted by Gasteiger charge is -2.48. The Balaban J connectivity index is 1.49. The number of ether oxygens (including phenoxy) is 1. The van der Waals surface area contributed by atoms with E-state index < -0.39 is 61.2 Å². The van der Waals surface area contributed by atoms with Gasteiger partial charge in [-0.1, -0.05) is 33.8 Å². The topological polar surface area (TPSA) is 126 Å². The maximum Gasteiger partial charge on any atom is 0.405 e. The molecule has 3 aromatic rings. The van der Waals surface area contributed by atoms with Gasteiger partial charge in [-0.05, 0) is 42.4 Å². The molecule has 2 aliphatic rings. The van der Waals surface area contributed by atoms with Gasteiger partial charge in [-0.15, -0.1) is 0 Å². The van der Waals surface area contributed by atoms with Gasteiger partial charge < -0.3 is 29.8 Å². The molecule has 1 aromatic carbocycles. The van der Waals surface area contributed by atoms with E-state index in [9.17, 15) is 27.9 Å². The van der Waals surface area contributed by atoms with Crippen LogP contribution in [0.1, 0.15) is 43.7 Å². The van der Waals surface area contributed by atoms with E-state index in [4.69, 9.17) is 9.16 Å². The summed E-state index contributed by atoms with van der Waals surface area (Å²) in [6.07, 6.45) is 0.363. The molecule has 4 heterocycles. The Hall–Kier alpha value is -4.17. The molecule has 0 radical (unpaired) electrons. The third-order valence-corrected chi connectivity index (χ3v) is 13.4. The SMILES string of the molecule is C[C@H]1CN(c2c(NC(=O)c3ccc(F)c(-c4c(F)cccc4F)n3)cnc3c2CCO3)C[C@@H](NC(=O)O)[C@H]1O[Si](C)(C)C(C)(C)C. The number of amides is 2. The summed E-state index contributed by atoms with van der Waals surface area (Å²) in [7, 11) is -2.27. The number of nitrogens with zero attached hydrogens (tertiary/aromatic N) is 3. The van der Waals surface area contributed by atoms with E-state index in [1.54, 1.807) is 0 Å². The number of aromatic nitrogens is 2. The van der Waals surface area contributed by atoms with Crippen LogP contribution in [0, 0.1) is 23.4 Å². The lowest BCUT2D eigenvalue weighted by molar-refractivity contribution is 0.0721. The molecule has 0 unspecified atom stereocenters. The highest BCUT2D eigenvalue weighted by Crippen LogP contribution is 2.43. The Morgan fingerprint density at radius 1 is 1.09 bits per heavy atom. The normalized spacial score (nSPS) is 19.8. The monoisotopic (exact) mass is 657 g/mol. The Bertz CT molecular complexity index is 1650. The van der Waals surface area contributed by atoms with Gasteiger partial charge in [-0.3, -0.25) is 4.79 Å². The van der Waals surface area contributed by atoms with E-state index in [1.165, 1.54) is 6.20 Å². The summed E-state index contributed by atoms with van der Waals surface area (Å²) >= 11 is 0. The highest BCUT2D eigenvalue weighted by atomic mass is 28.4. The number of pyridine rings is 2. The summed E-state index contributed by atoms with van der Waals surface area (Å²) in [5.41, 5.74) is 0.0489. The summed E-state index contributed by atoms with van der Waals surface area (Å²) in [5.74, 6) is -3.51. The summed E-state index contributed by atoms with van der Waals surface area (Å²) < 4.78 is 56.1. The average molecular weight is 658 g/mol. The fraction of sp³-hybridized carbons (Fsp3) is 0.438. The Kier molecular flexibility index (Phi) is 9.06. The van der Waals surface area contributed by atoms with E-state index in [1.807, 2.05) is 11.8 Å². The number of nitrogens with one attached hydrogen (secondary N) is 2. The van der Waals surface area contributed by atoms with E-state index in [0.29, 0.717) is 36.8 Å². The molecule has 3 atom stereocenters. The maximum absolute atomic E-state index is 14.7. The molecular weight excluding hydrogens is 619 g/mol. The van der Waals surface area contributed by atoms with Crippen molar-refractivity contribution >= 4 is 31.7 Å². The number of carboxylic acid groups (broad SMARTS) is 1. The third kappa shape index (κ3) is 6.54. The molecule has 246 valence electrons. The first kappa shape index (κ1) is 33.2. The molecule has 0 bridgehead atoms. The van der Waals surface area contributed by atoms with Crippen molar-refractivity contribution < 1.29 is 37.0 Å². The quantitative estimate of drug-likeness (QED) is 0.256. The minimum absolute atomic E-state index is 0.0926. The van der Waals surface area contributed by atoms with Gasteiger partial charge in [-0.25, -0.2) is 27.9 Å². The van der Waals surface area contributed by atoms with Gasteiger partial charge in [0.2, 0.25) is 5.88 Å². The summed E-state index contributed by atoms with van der Waals surface area (Å²) in [4.78, 5) is 35.8. The van der Waals surface area contributed by atoms with Crippen molar-refractivity contribution in [3.63, 3.8) is 0 Å². The number of carbonyl (C=O) groups is 2. The molecule has 46 heavy (non-hydrogen) atoms. The zero-order valence-electron chi connectivity index (χ0n) is 26.6. The summed E-state index contributed by atoms with van der Waals surface area (Å²) in [5, 5.41) is 15.1. The molecular formula is C32H38F3N5O5Si. The van der Waals surface area contributed by atoms with Gasteiger partial charge in [0, 0.05) is 31.0 Å². The van der Waals surface area contributed by atoms with Crippen LogP contribution >= 0.6 is 0 Å². The van der Waals surface area contributed by atoms with Crippen LogP contribution in [0.25, 0.3) is 11.3 Å². The lowest BCUT2D eigenvalue weighted by Crippen LogP contribution is -2.62. The molecule has 2 amide bonds. The van der Waals surface area contributed by atoms with E-state index in [2.05, 4.69) is 54.5 Å². The largest absolute Gasteiger partial charge is 0.477 e. The van der Waals surface area contributed by atoms with Crippen molar-refractivity contribution in [1.82, 2.24) is 15.3 Å². The van der Waals surface area contributed by atoms with Gasteiger partial charge in [0.1, 0.15) is 28.8 Å². The molecule has 14 heteroatoms. The first-order chi connectivity index (χ1) is 21.6. The smallest absolute Gasteiger partial charge is 0.405 e. The van der Waals surface area contributed by atoms with Crippen molar-refractivity contribution in [3.05, 3.63) is 65.2 Å².